The van der Waals surface area contributed by atoms with Crippen LogP contribution < -0.4 is 4.74 Å². The Labute approximate surface area is 103 Å². The summed E-state index contributed by atoms with van der Waals surface area (Å²) in [5, 5.41) is 9.31. The fourth-order valence-corrected chi connectivity index (χ4v) is 1.12. The quantitative estimate of drug-likeness (QED) is 0.523. The van der Waals surface area contributed by atoms with E-state index in [4.69, 9.17) is 0 Å². The maximum absolute atomic E-state index is 11.9. The van der Waals surface area contributed by atoms with E-state index in [1.165, 1.54) is 6.07 Å². The summed E-state index contributed by atoms with van der Waals surface area (Å²) in [5.74, 6) is -3.61. The van der Waals surface area contributed by atoms with Crippen molar-refractivity contribution in [2.45, 2.75) is 12.8 Å². The fourth-order valence-electron chi connectivity index (χ4n) is 1.12. The number of carbonyl (C=O) groups excluding carboxylic acids is 1. The molecule has 1 N–H and O–H groups in total. The van der Waals surface area contributed by atoms with Crippen molar-refractivity contribution in [3.63, 3.8) is 0 Å². The van der Waals surface area contributed by atoms with Gasteiger partial charge in [0.2, 0.25) is 0 Å². The number of aliphatic hydroxyl groups excluding tert-OH is 1. The van der Waals surface area contributed by atoms with E-state index in [0.29, 0.717) is 0 Å². The summed E-state index contributed by atoms with van der Waals surface area (Å²) in [6.07, 6.45) is -5.16. The molecule has 0 saturated heterocycles. The van der Waals surface area contributed by atoms with Gasteiger partial charge in [-0.05, 0) is 12.1 Å². The Balaban J connectivity index is 2.97. The van der Waals surface area contributed by atoms with Crippen molar-refractivity contribution < 1.29 is 36.6 Å². The molecule has 1 aromatic carbocycles. The Hall–Kier alpha value is -2.12. The largest absolute Gasteiger partial charge is 0.507 e. The third-order valence-corrected chi connectivity index (χ3v) is 1.90. The van der Waals surface area contributed by atoms with Gasteiger partial charge in [-0.15, -0.1) is 0 Å². The SMILES string of the molecule is O=C(C=C(O)c1cccc(OC(F)F)c1)C(F)(F)F. The number of halogens is 5. The lowest BCUT2D eigenvalue weighted by molar-refractivity contribution is -0.165. The summed E-state index contributed by atoms with van der Waals surface area (Å²) < 4.78 is 63.7. The summed E-state index contributed by atoms with van der Waals surface area (Å²) in [6, 6.07) is 4.30. The molecule has 0 spiro atoms. The van der Waals surface area contributed by atoms with Gasteiger partial charge in [-0.3, -0.25) is 4.79 Å². The number of hydrogen-bond donors (Lipinski definition) is 1. The van der Waals surface area contributed by atoms with Crippen LogP contribution in [0.1, 0.15) is 5.56 Å². The van der Waals surface area contributed by atoms with Crippen molar-refractivity contribution in [2.24, 2.45) is 0 Å². The van der Waals surface area contributed by atoms with Gasteiger partial charge in [0.25, 0.3) is 5.78 Å². The van der Waals surface area contributed by atoms with Gasteiger partial charge in [-0.2, -0.15) is 22.0 Å². The normalized spacial score (nSPS) is 12.6. The van der Waals surface area contributed by atoms with Gasteiger partial charge in [0.1, 0.15) is 11.5 Å². The predicted molar refractivity (Wildman–Crippen MR) is 54.7 cm³/mol. The van der Waals surface area contributed by atoms with Crippen LogP contribution in [-0.2, 0) is 4.79 Å². The number of rotatable bonds is 4. The second-order valence-electron chi connectivity index (χ2n) is 3.30. The van der Waals surface area contributed by atoms with Crippen molar-refractivity contribution in [3.8, 4) is 5.75 Å². The van der Waals surface area contributed by atoms with E-state index in [-0.39, 0.29) is 17.4 Å². The lowest BCUT2D eigenvalue weighted by Crippen LogP contribution is -2.20. The molecule has 0 aliphatic heterocycles. The Morgan fingerprint density at radius 1 is 1.32 bits per heavy atom. The molecule has 8 heteroatoms. The number of carbonyl (C=O) groups is 1. The van der Waals surface area contributed by atoms with E-state index in [9.17, 15) is 31.9 Å². The molecule has 0 bridgehead atoms. The van der Waals surface area contributed by atoms with Crippen LogP contribution in [0, 0.1) is 0 Å². The third-order valence-electron chi connectivity index (χ3n) is 1.90. The molecular formula is C11H7F5O3. The summed E-state index contributed by atoms with van der Waals surface area (Å²) in [4.78, 5) is 10.6. The third kappa shape index (κ3) is 4.57. The molecule has 0 aliphatic carbocycles. The second-order valence-corrected chi connectivity index (χ2v) is 3.30. The van der Waals surface area contributed by atoms with Crippen LogP contribution in [0.3, 0.4) is 0 Å². The molecule has 0 heterocycles. The Morgan fingerprint density at radius 3 is 2.47 bits per heavy atom. The molecule has 0 unspecified atom stereocenters. The number of hydrogen-bond acceptors (Lipinski definition) is 3. The molecule has 0 amide bonds. The van der Waals surface area contributed by atoms with Gasteiger partial charge in [-0.25, -0.2) is 0 Å². The molecule has 19 heavy (non-hydrogen) atoms. The lowest BCUT2D eigenvalue weighted by atomic mass is 10.1. The Morgan fingerprint density at radius 2 is 1.95 bits per heavy atom. The summed E-state index contributed by atoms with van der Waals surface area (Å²) >= 11 is 0. The number of ketones is 1. The summed E-state index contributed by atoms with van der Waals surface area (Å²) in [7, 11) is 0. The standard InChI is InChI=1S/C11H7F5O3/c12-10(13)19-7-3-1-2-6(4-7)8(17)5-9(18)11(14,15)16/h1-5,10,17H. The molecule has 0 aliphatic rings. The van der Waals surface area contributed by atoms with Crippen molar-refractivity contribution in [2.75, 3.05) is 0 Å². The zero-order chi connectivity index (χ0) is 14.6. The predicted octanol–water partition coefficient (Wildman–Crippen LogP) is 3.32. The molecule has 104 valence electrons. The minimum absolute atomic E-state index is 0.0402. The van der Waals surface area contributed by atoms with Gasteiger partial charge in [-0.1, -0.05) is 12.1 Å². The monoisotopic (exact) mass is 282 g/mol. The average molecular weight is 282 g/mol. The number of aliphatic hydroxyl groups is 1. The number of ether oxygens (including phenoxy) is 1. The molecule has 0 fully saturated rings. The van der Waals surface area contributed by atoms with Crippen LogP contribution in [0.2, 0.25) is 0 Å². The highest BCUT2D eigenvalue weighted by atomic mass is 19.4. The molecule has 1 rings (SSSR count). The zero-order valence-corrected chi connectivity index (χ0v) is 9.12. The molecule has 0 saturated carbocycles. The van der Waals surface area contributed by atoms with Crippen LogP contribution in [0.5, 0.6) is 5.75 Å². The van der Waals surface area contributed by atoms with E-state index in [1.54, 1.807) is 0 Å². The maximum atomic E-state index is 11.9. The van der Waals surface area contributed by atoms with E-state index >= 15 is 0 Å². The van der Waals surface area contributed by atoms with E-state index < -0.39 is 24.3 Å². The van der Waals surface area contributed by atoms with Crippen molar-refractivity contribution >= 4 is 11.5 Å². The smallest absolute Gasteiger partial charge is 0.454 e. The second kappa shape index (κ2) is 5.68. The van der Waals surface area contributed by atoms with Gasteiger partial charge < -0.3 is 9.84 Å². The van der Waals surface area contributed by atoms with E-state index in [0.717, 1.165) is 18.2 Å². The van der Waals surface area contributed by atoms with Crippen molar-refractivity contribution in [1.82, 2.24) is 0 Å². The number of allylic oxidation sites excluding steroid dienone is 1. The van der Waals surface area contributed by atoms with Crippen LogP contribution >= 0.6 is 0 Å². The molecule has 0 aromatic heterocycles. The van der Waals surface area contributed by atoms with Gasteiger partial charge in [0, 0.05) is 11.6 Å². The first-order valence-corrected chi connectivity index (χ1v) is 4.77. The lowest BCUT2D eigenvalue weighted by Gasteiger charge is -2.06. The average Bonchev–Trinajstić information content (AvgIpc) is 2.27. The Bertz CT molecular complexity index is 493. The first-order chi connectivity index (χ1) is 8.70. The van der Waals surface area contributed by atoms with Crippen molar-refractivity contribution in [1.29, 1.82) is 0 Å². The van der Waals surface area contributed by atoms with Crippen molar-refractivity contribution in [3.05, 3.63) is 35.9 Å². The minimum atomic E-state index is -5.12. The molecular weight excluding hydrogens is 275 g/mol. The highest BCUT2D eigenvalue weighted by molar-refractivity contribution is 5.99. The van der Waals surface area contributed by atoms with Gasteiger partial charge in [0.05, 0.1) is 0 Å². The van der Waals surface area contributed by atoms with E-state index in [1.807, 2.05) is 0 Å². The van der Waals surface area contributed by atoms with Crippen LogP contribution in [0.25, 0.3) is 5.76 Å². The number of benzene rings is 1. The first kappa shape index (κ1) is 14.9. The summed E-state index contributed by atoms with van der Waals surface area (Å²) in [5.41, 5.74) is -0.254. The highest BCUT2D eigenvalue weighted by Gasteiger charge is 2.37. The van der Waals surface area contributed by atoms with Crippen LogP contribution in [0.4, 0.5) is 22.0 Å². The van der Waals surface area contributed by atoms with E-state index in [2.05, 4.69) is 4.74 Å². The topological polar surface area (TPSA) is 46.5 Å². The van der Waals surface area contributed by atoms with Gasteiger partial charge in [0.15, 0.2) is 0 Å². The van der Waals surface area contributed by atoms with Crippen LogP contribution in [0.15, 0.2) is 30.3 Å². The highest BCUT2D eigenvalue weighted by Crippen LogP contribution is 2.23. The minimum Gasteiger partial charge on any atom is -0.507 e. The van der Waals surface area contributed by atoms with Gasteiger partial charge >= 0.3 is 12.8 Å². The molecule has 0 radical (unpaired) electrons. The van der Waals surface area contributed by atoms with Crippen LogP contribution in [-0.4, -0.2) is 23.7 Å². The maximum Gasteiger partial charge on any atom is 0.454 e. The first-order valence-electron chi connectivity index (χ1n) is 4.77. The summed E-state index contributed by atoms with van der Waals surface area (Å²) in [6.45, 7) is -3.11. The fraction of sp³-hybridized carbons (Fsp3) is 0.182. The number of alkyl halides is 5. The Kier molecular flexibility index (Phi) is 4.47. The molecule has 3 nitrogen and oxygen atoms in total. The zero-order valence-electron chi connectivity index (χ0n) is 9.12. The molecule has 1 aromatic rings. The molecule has 0 atom stereocenters.